The second-order valence-corrected chi connectivity index (χ2v) is 13.8. The summed E-state index contributed by atoms with van der Waals surface area (Å²) in [7, 11) is 0. The SMILES string of the molecule is NCC1O[C@@H](O[C@H]2C(N)C[C@@H](NC(=O)CCC(=O)C[C@@H]3CC(N)[C@H](O[C@@H]4OC(CN)[C@H](O)[C@H](O)C4N)[C@H](O)C3O)C(O)C2O)C(N)C(O)[C@H]1O. The van der Waals surface area contributed by atoms with Crippen LogP contribution in [0.15, 0.2) is 0 Å². The summed E-state index contributed by atoms with van der Waals surface area (Å²) in [6.07, 6.45) is -19.5. The first-order valence-electron chi connectivity index (χ1n) is 16.8. The maximum absolute atomic E-state index is 12.8. The fourth-order valence-electron chi connectivity index (χ4n) is 7.09. The summed E-state index contributed by atoms with van der Waals surface area (Å²) in [4.78, 5) is 25.6. The van der Waals surface area contributed by atoms with Crippen molar-refractivity contribution >= 4 is 11.7 Å². The van der Waals surface area contributed by atoms with Gasteiger partial charge >= 0.3 is 0 Å². The van der Waals surface area contributed by atoms with Crippen molar-refractivity contribution in [2.45, 2.75) is 148 Å². The first-order valence-corrected chi connectivity index (χ1v) is 16.8. The fraction of sp³-hybridized carbons (Fsp3) is 0.931. The molecule has 1 amide bonds. The van der Waals surface area contributed by atoms with Crippen LogP contribution in [-0.2, 0) is 28.5 Å². The number of carbonyl (C=O) groups excluding carboxylic acids is 2. The summed E-state index contributed by atoms with van der Waals surface area (Å²) in [5.41, 5.74) is 35.5. The van der Waals surface area contributed by atoms with Gasteiger partial charge in [-0.3, -0.25) is 9.59 Å². The minimum absolute atomic E-state index is 0.0464. The number of hydrogen-bond donors (Lipinski definition) is 15. The maximum atomic E-state index is 12.8. The lowest BCUT2D eigenvalue weighted by molar-refractivity contribution is -0.289. The third kappa shape index (κ3) is 8.95. The monoisotopic (exact) mass is 725 g/mol. The Morgan fingerprint density at radius 2 is 1.08 bits per heavy atom. The molecule has 2 heterocycles. The molecule has 2 aliphatic heterocycles. The molecule has 21 nitrogen and oxygen atoms in total. The Bertz CT molecular complexity index is 1050. The Balaban J connectivity index is 1.23. The summed E-state index contributed by atoms with van der Waals surface area (Å²) >= 11 is 0. The van der Waals surface area contributed by atoms with Gasteiger partial charge in [0.05, 0.1) is 24.2 Å². The molecule has 50 heavy (non-hydrogen) atoms. The zero-order valence-electron chi connectivity index (χ0n) is 27.5. The van der Waals surface area contributed by atoms with Crippen molar-refractivity contribution in [3.8, 4) is 0 Å². The van der Waals surface area contributed by atoms with Crippen molar-refractivity contribution < 1.29 is 69.4 Å². The molecule has 290 valence electrons. The molecule has 10 unspecified atom stereocenters. The highest BCUT2D eigenvalue weighted by Crippen LogP contribution is 2.33. The molecule has 0 spiro atoms. The predicted octanol–water partition coefficient (Wildman–Crippen LogP) is -9.03. The molecule has 0 aromatic carbocycles. The van der Waals surface area contributed by atoms with Gasteiger partial charge in [0.1, 0.15) is 72.9 Å². The van der Waals surface area contributed by atoms with Crippen molar-refractivity contribution in [3.05, 3.63) is 0 Å². The van der Waals surface area contributed by atoms with Gasteiger partial charge in [-0.1, -0.05) is 0 Å². The van der Waals surface area contributed by atoms with Crippen LogP contribution in [0.2, 0.25) is 0 Å². The van der Waals surface area contributed by atoms with Crippen LogP contribution >= 0.6 is 0 Å². The minimum atomic E-state index is -1.61. The van der Waals surface area contributed by atoms with Crippen LogP contribution in [0.4, 0.5) is 0 Å². The minimum Gasteiger partial charge on any atom is -0.390 e. The number of carbonyl (C=O) groups is 2. The second kappa shape index (κ2) is 17.5. The van der Waals surface area contributed by atoms with E-state index in [1.165, 1.54) is 0 Å². The molecule has 0 aromatic heterocycles. The molecule has 0 aromatic rings. The molecule has 2 saturated carbocycles. The molecule has 20 atom stereocenters. The average molecular weight is 726 g/mol. The number of rotatable bonds is 12. The standard InChI is InChI=1S/C29H55N7O14/c30-6-13-20(41)22(43)16(34)28(47-13)49-26-10(32)4-8(18(39)24(26)45)3-9(37)1-2-15(38)36-12-5-11(33)27(25(46)19(12)40)50-29-17(35)23(44)21(42)14(7-31)48-29/h8,10-14,16-29,39-46H,1-7,30-35H2,(H,36,38)/t8-,10?,11?,12-,13?,14?,16?,17?,18?,19?,20+,21+,22-,23?,24-,25?,26+,27+,28+,29+/m1/s1. The van der Waals surface area contributed by atoms with Crippen molar-refractivity contribution in [2.24, 2.45) is 40.3 Å². The lowest BCUT2D eigenvalue weighted by atomic mass is 9.77. The largest absolute Gasteiger partial charge is 0.390 e. The Kier molecular flexibility index (Phi) is 14.4. The van der Waals surface area contributed by atoms with Gasteiger partial charge < -0.3 is 99.5 Å². The molecule has 21 N–H and O–H groups in total. The smallest absolute Gasteiger partial charge is 0.220 e. The van der Waals surface area contributed by atoms with Gasteiger partial charge in [-0.25, -0.2) is 0 Å². The molecule has 21 heteroatoms. The normalized spacial score (nSPS) is 48.6. The van der Waals surface area contributed by atoms with E-state index in [-0.39, 0.29) is 45.2 Å². The predicted molar refractivity (Wildman–Crippen MR) is 169 cm³/mol. The molecular formula is C29H55N7O14. The highest BCUT2D eigenvalue weighted by molar-refractivity contribution is 5.85. The van der Waals surface area contributed by atoms with E-state index in [1.807, 2.05) is 0 Å². The third-order valence-corrected chi connectivity index (χ3v) is 10.2. The molecule has 4 aliphatic rings. The third-order valence-electron chi connectivity index (χ3n) is 10.2. The van der Waals surface area contributed by atoms with Gasteiger partial charge in [0.2, 0.25) is 5.91 Å². The Morgan fingerprint density at radius 3 is 1.56 bits per heavy atom. The first-order chi connectivity index (χ1) is 23.5. The van der Waals surface area contributed by atoms with Crippen LogP contribution in [0.1, 0.15) is 32.1 Å². The van der Waals surface area contributed by atoms with Crippen LogP contribution in [0.5, 0.6) is 0 Å². The summed E-state index contributed by atoms with van der Waals surface area (Å²) in [6, 6.07) is -5.26. The van der Waals surface area contributed by atoms with E-state index in [0.717, 1.165) is 0 Å². The Morgan fingerprint density at radius 1 is 0.620 bits per heavy atom. The van der Waals surface area contributed by atoms with Crippen LogP contribution < -0.4 is 39.7 Å². The van der Waals surface area contributed by atoms with Gasteiger partial charge in [0.15, 0.2) is 12.6 Å². The summed E-state index contributed by atoms with van der Waals surface area (Å²) in [6.45, 7) is -0.306. The van der Waals surface area contributed by atoms with E-state index in [0.29, 0.717) is 0 Å². The quantitative estimate of drug-likeness (QED) is 0.0887. The summed E-state index contributed by atoms with van der Waals surface area (Å²) < 4.78 is 22.6. The van der Waals surface area contributed by atoms with E-state index in [1.54, 1.807) is 0 Å². The van der Waals surface area contributed by atoms with Crippen molar-refractivity contribution in [2.75, 3.05) is 13.1 Å². The van der Waals surface area contributed by atoms with Crippen molar-refractivity contribution in [1.82, 2.24) is 5.32 Å². The van der Waals surface area contributed by atoms with Crippen molar-refractivity contribution in [3.63, 3.8) is 0 Å². The van der Waals surface area contributed by atoms with Crippen molar-refractivity contribution in [1.29, 1.82) is 0 Å². The zero-order valence-corrected chi connectivity index (χ0v) is 27.5. The molecule has 2 aliphatic carbocycles. The summed E-state index contributed by atoms with van der Waals surface area (Å²) in [5, 5.41) is 86.3. The number of ketones is 1. The molecule has 4 fully saturated rings. The van der Waals surface area contributed by atoms with E-state index >= 15 is 0 Å². The van der Waals surface area contributed by atoms with Gasteiger partial charge in [0.25, 0.3) is 0 Å². The highest BCUT2D eigenvalue weighted by atomic mass is 16.7. The lowest BCUT2D eigenvalue weighted by Gasteiger charge is -2.46. The van der Waals surface area contributed by atoms with Crippen LogP contribution in [0, 0.1) is 5.92 Å². The van der Waals surface area contributed by atoms with Gasteiger partial charge in [-0.2, -0.15) is 0 Å². The summed E-state index contributed by atoms with van der Waals surface area (Å²) in [5.74, 6) is -1.82. The van der Waals surface area contributed by atoms with E-state index in [4.69, 9.17) is 53.3 Å². The van der Waals surface area contributed by atoms with E-state index < -0.39 is 134 Å². The van der Waals surface area contributed by atoms with Crippen LogP contribution in [0.25, 0.3) is 0 Å². The topological polar surface area (TPSA) is 401 Å². The average Bonchev–Trinajstić information content (AvgIpc) is 3.08. The highest BCUT2D eigenvalue weighted by Gasteiger charge is 2.50. The van der Waals surface area contributed by atoms with Gasteiger partial charge in [-0.05, 0) is 18.8 Å². The maximum Gasteiger partial charge on any atom is 0.220 e. The zero-order chi connectivity index (χ0) is 37.2. The van der Waals surface area contributed by atoms with E-state index in [2.05, 4.69) is 5.32 Å². The number of nitrogens with one attached hydrogen (secondary N) is 1. The second-order valence-electron chi connectivity index (χ2n) is 13.8. The van der Waals surface area contributed by atoms with Gasteiger partial charge in [0, 0.05) is 44.4 Å². The van der Waals surface area contributed by atoms with Gasteiger partial charge in [-0.15, -0.1) is 0 Å². The number of Topliss-reactive ketones (excluding diaryl/α,β-unsaturated/α-hetero) is 1. The molecular weight excluding hydrogens is 670 g/mol. The number of aliphatic hydroxyl groups excluding tert-OH is 8. The Hall–Kier alpha value is -1.58. The van der Waals surface area contributed by atoms with Crippen LogP contribution in [0.3, 0.4) is 0 Å². The number of aliphatic hydroxyl groups is 8. The molecule has 2 saturated heterocycles. The molecule has 0 bridgehead atoms. The van der Waals surface area contributed by atoms with Crippen LogP contribution in [-0.4, -0.2) is 182 Å². The lowest BCUT2D eigenvalue weighted by Crippen LogP contribution is -2.68. The number of hydrogen-bond acceptors (Lipinski definition) is 20. The first kappa shape index (κ1) is 41.2. The number of nitrogens with two attached hydrogens (primary N) is 6. The van der Waals surface area contributed by atoms with E-state index in [9.17, 15) is 50.4 Å². The number of ether oxygens (including phenoxy) is 4. The molecule has 4 rings (SSSR count). The number of amides is 1. The Labute approximate surface area is 288 Å². The molecule has 0 radical (unpaired) electrons. The fourth-order valence-corrected chi connectivity index (χ4v) is 7.09.